The van der Waals surface area contributed by atoms with Gasteiger partial charge >= 0.3 is 0 Å². The molecule has 0 spiro atoms. The Morgan fingerprint density at radius 2 is 1.20 bits per heavy atom. The molecule has 0 unspecified atom stereocenters. The lowest BCUT2D eigenvalue weighted by Crippen LogP contribution is -2.45. The SMILES string of the molecule is O=C(NNC(=O)c1ccccc1)/C(=C\c1ccc(Br)cc1)NC(=O)c1ccccc1. The maximum Gasteiger partial charge on any atom is 0.286 e. The highest BCUT2D eigenvalue weighted by atomic mass is 79.9. The van der Waals surface area contributed by atoms with Gasteiger partial charge in [-0.1, -0.05) is 64.5 Å². The van der Waals surface area contributed by atoms with Gasteiger partial charge < -0.3 is 5.32 Å². The lowest BCUT2D eigenvalue weighted by Gasteiger charge is -2.12. The second-order valence-electron chi connectivity index (χ2n) is 6.20. The molecule has 0 aliphatic heterocycles. The lowest BCUT2D eigenvalue weighted by atomic mass is 10.1. The minimum Gasteiger partial charge on any atom is -0.317 e. The first kappa shape index (κ1) is 21.0. The third kappa shape index (κ3) is 5.89. The topological polar surface area (TPSA) is 87.3 Å². The molecule has 0 radical (unpaired) electrons. The van der Waals surface area contributed by atoms with Crippen LogP contribution in [0.3, 0.4) is 0 Å². The van der Waals surface area contributed by atoms with Crippen LogP contribution in [0.5, 0.6) is 0 Å². The Hall–Kier alpha value is -3.71. The van der Waals surface area contributed by atoms with Crippen LogP contribution in [0.4, 0.5) is 0 Å². The van der Waals surface area contributed by atoms with Crippen LogP contribution in [-0.4, -0.2) is 17.7 Å². The zero-order valence-electron chi connectivity index (χ0n) is 15.8. The second-order valence-corrected chi connectivity index (χ2v) is 7.12. The van der Waals surface area contributed by atoms with Crippen molar-refractivity contribution in [2.24, 2.45) is 0 Å². The van der Waals surface area contributed by atoms with Crippen molar-refractivity contribution in [3.8, 4) is 0 Å². The minimum atomic E-state index is -0.661. The first-order valence-corrected chi connectivity index (χ1v) is 9.81. The average Bonchev–Trinajstić information content (AvgIpc) is 2.79. The molecule has 3 amide bonds. The van der Waals surface area contributed by atoms with Gasteiger partial charge in [-0.2, -0.15) is 0 Å². The van der Waals surface area contributed by atoms with Gasteiger partial charge in [0.25, 0.3) is 17.7 Å². The molecule has 0 saturated carbocycles. The number of nitrogens with one attached hydrogen (secondary N) is 3. The normalized spacial score (nSPS) is 10.8. The highest BCUT2D eigenvalue weighted by Crippen LogP contribution is 2.13. The number of hydrogen-bond donors (Lipinski definition) is 3. The average molecular weight is 464 g/mol. The van der Waals surface area contributed by atoms with E-state index in [9.17, 15) is 14.4 Å². The van der Waals surface area contributed by atoms with Gasteiger partial charge in [0.1, 0.15) is 5.70 Å². The number of hydrazine groups is 1. The van der Waals surface area contributed by atoms with Gasteiger partial charge in [0.15, 0.2) is 0 Å². The van der Waals surface area contributed by atoms with Crippen LogP contribution in [0.15, 0.2) is 95.1 Å². The maximum absolute atomic E-state index is 12.7. The Kier molecular flexibility index (Phi) is 7.13. The molecule has 3 N–H and O–H groups in total. The number of carbonyl (C=O) groups is 3. The van der Waals surface area contributed by atoms with Crippen molar-refractivity contribution in [2.45, 2.75) is 0 Å². The monoisotopic (exact) mass is 463 g/mol. The summed E-state index contributed by atoms with van der Waals surface area (Å²) in [5.74, 6) is -1.57. The number of halogens is 1. The molecule has 7 heteroatoms. The van der Waals surface area contributed by atoms with Crippen LogP contribution < -0.4 is 16.2 Å². The first-order valence-electron chi connectivity index (χ1n) is 9.02. The Labute approximate surface area is 182 Å². The highest BCUT2D eigenvalue weighted by Gasteiger charge is 2.15. The molecule has 6 nitrogen and oxygen atoms in total. The molecule has 0 saturated heterocycles. The molecule has 0 atom stereocenters. The van der Waals surface area contributed by atoms with E-state index < -0.39 is 17.7 Å². The van der Waals surface area contributed by atoms with E-state index in [4.69, 9.17) is 0 Å². The summed E-state index contributed by atoms with van der Waals surface area (Å²) in [6, 6.07) is 24.2. The third-order valence-corrected chi connectivity index (χ3v) is 4.56. The zero-order chi connectivity index (χ0) is 21.3. The number of rotatable bonds is 5. The molecule has 0 heterocycles. The summed E-state index contributed by atoms with van der Waals surface area (Å²) >= 11 is 3.36. The molecule has 0 aromatic heterocycles. The van der Waals surface area contributed by atoms with E-state index in [1.54, 1.807) is 72.8 Å². The van der Waals surface area contributed by atoms with Crippen molar-refractivity contribution in [1.29, 1.82) is 0 Å². The number of amides is 3. The van der Waals surface area contributed by atoms with E-state index in [0.717, 1.165) is 4.47 Å². The van der Waals surface area contributed by atoms with E-state index in [2.05, 4.69) is 32.1 Å². The van der Waals surface area contributed by atoms with Crippen molar-refractivity contribution in [3.63, 3.8) is 0 Å². The Bertz CT molecular complexity index is 1070. The van der Waals surface area contributed by atoms with Crippen LogP contribution in [-0.2, 0) is 4.79 Å². The van der Waals surface area contributed by atoms with E-state index in [1.165, 1.54) is 6.08 Å². The predicted molar refractivity (Wildman–Crippen MR) is 118 cm³/mol. The van der Waals surface area contributed by atoms with Crippen molar-refractivity contribution in [3.05, 3.63) is 112 Å². The fourth-order valence-corrected chi connectivity index (χ4v) is 2.77. The first-order chi connectivity index (χ1) is 14.5. The Morgan fingerprint density at radius 1 is 0.667 bits per heavy atom. The summed E-state index contributed by atoms with van der Waals surface area (Å²) in [5, 5.41) is 2.61. The van der Waals surface area contributed by atoms with E-state index >= 15 is 0 Å². The largest absolute Gasteiger partial charge is 0.317 e. The molecular formula is C23H18BrN3O3. The quantitative estimate of drug-likeness (QED) is 0.398. The Balaban J connectivity index is 1.77. The van der Waals surface area contributed by atoms with Gasteiger partial charge in [-0.05, 0) is 48.0 Å². The fourth-order valence-electron chi connectivity index (χ4n) is 2.51. The predicted octanol–water partition coefficient (Wildman–Crippen LogP) is 3.68. The summed E-state index contributed by atoms with van der Waals surface area (Å²) in [7, 11) is 0. The zero-order valence-corrected chi connectivity index (χ0v) is 17.3. The maximum atomic E-state index is 12.7. The van der Waals surface area contributed by atoms with Crippen LogP contribution in [0.25, 0.3) is 6.08 Å². The molecule has 30 heavy (non-hydrogen) atoms. The van der Waals surface area contributed by atoms with Crippen LogP contribution in [0.2, 0.25) is 0 Å². The third-order valence-electron chi connectivity index (χ3n) is 4.04. The summed E-state index contributed by atoms with van der Waals surface area (Å²) < 4.78 is 0.883. The van der Waals surface area contributed by atoms with E-state index in [0.29, 0.717) is 16.7 Å². The molecule has 3 aromatic rings. The van der Waals surface area contributed by atoms with Gasteiger partial charge in [0.05, 0.1) is 0 Å². The number of carbonyl (C=O) groups excluding carboxylic acids is 3. The molecule has 0 bridgehead atoms. The smallest absolute Gasteiger partial charge is 0.286 e. The standard InChI is InChI=1S/C23H18BrN3O3/c24-19-13-11-16(12-14-19)15-20(25-21(28)17-7-3-1-4-8-17)23(30)27-26-22(29)18-9-5-2-6-10-18/h1-15H,(H,25,28)(H,26,29)(H,27,30)/b20-15+. The summed E-state index contributed by atoms with van der Waals surface area (Å²) in [6.07, 6.45) is 1.53. The van der Waals surface area contributed by atoms with Gasteiger partial charge in [-0.25, -0.2) is 0 Å². The van der Waals surface area contributed by atoms with Crippen molar-refractivity contribution < 1.29 is 14.4 Å². The molecule has 0 aliphatic carbocycles. The molecule has 0 fully saturated rings. The highest BCUT2D eigenvalue weighted by molar-refractivity contribution is 9.10. The molecule has 3 aromatic carbocycles. The van der Waals surface area contributed by atoms with Crippen molar-refractivity contribution in [2.75, 3.05) is 0 Å². The van der Waals surface area contributed by atoms with Crippen LogP contribution in [0.1, 0.15) is 26.3 Å². The Morgan fingerprint density at radius 3 is 1.77 bits per heavy atom. The summed E-state index contributed by atoms with van der Waals surface area (Å²) in [5.41, 5.74) is 6.17. The van der Waals surface area contributed by atoms with Gasteiger partial charge in [0.2, 0.25) is 0 Å². The van der Waals surface area contributed by atoms with E-state index in [1.807, 2.05) is 12.1 Å². The van der Waals surface area contributed by atoms with Crippen LogP contribution >= 0.6 is 15.9 Å². The fraction of sp³-hybridized carbons (Fsp3) is 0. The second kappa shape index (κ2) is 10.2. The summed E-state index contributed by atoms with van der Waals surface area (Å²) in [6.45, 7) is 0. The van der Waals surface area contributed by atoms with Crippen molar-refractivity contribution >= 4 is 39.7 Å². The number of hydrogen-bond acceptors (Lipinski definition) is 3. The van der Waals surface area contributed by atoms with Gasteiger partial charge in [-0.15, -0.1) is 0 Å². The van der Waals surface area contributed by atoms with Gasteiger partial charge in [0, 0.05) is 15.6 Å². The summed E-state index contributed by atoms with van der Waals surface area (Å²) in [4.78, 5) is 37.4. The molecular weight excluding hydrogens is 446 g/mol. The molecule has 3 rings (SSSR count). The number of benzene rings is 3. The molecule has 150 valence electrons. The van der Waals surface area contributed by atoms with E-state index in [-0.39, 0.29) is 5.70 Å². The lowest BCUT2D eigenvalue weighted by molar-refractivity contribution is -0.118. The molecule has 0 aliphatic rings. The van der Waals surface area contributed by atoms with Crippen molar-refractivity contribution in [1.82, 2.24) is 16.2 Å². The van der Waals surface area contributed by atoms with Crippen LogP contribution in [0, 0.1) is 0 Å². The van der Waals surface area contributed by atoms with Gasteiger partial charge in [-0.3, -0.25) is 25.2 Å². The minimum absolute atomic E-state index is 0.0143.